The highest BCUT2D eigenvalue weighted by molar-refractivity contribution is 6.04. The molecule has 3 aromatic carbocycles. The third-order valence-corrected chi connectivity index (χ3v) is 7.13. The zero-order chi connectivity index (χ0) is 26.6. The highest BCUT2D eigenvalue weighted by Crippen LogP contribution is 2.39. The summed E-state index contributed by atoms with van der Waals surface area (Å²) in [5, 5.41) is 21.2. The van der Waals surface area contributed by atoms with Crippen LogP contribution in [0.3, 0.4) is 0 Å². The van der Waals surface area contributed by atoms with E-state index in [4.69, 9.17) is 0 Å². The zero-order valence-corrected chi connectivity index (χ0v) is 21.7. The first kappa shape index (κ1) is 25.3. The summed E-state index contributed by atoms with van der Waals surface area (Å²) < 4.78 is 1.43. The molecule has 2 amide bonds. The highest BCUT2D eigenvalue weighted by Gasteiger charge is 2.27. The molecular formula is C31H32N4O3. The van der Waals surface area contributed by atoms with Gasteiger partial charge in [0.25, 0.3) is 5.91 Å². The van der Waals surface area contributed by atoms with E-state index in [0.29, 0.717) is 29.1 Å². The maximum absolute atomic E-state index is 13.1. The third kappa shape index (κ3) is 5.47. The van der Waals surface area contributed by atoms with E-state index in [1.165, 1.54) is 10.7 Å². The lowest BCUT2D eigenvalue weighted by molar-refractivity contribution is 0.102. The molecule has 0 spiro atoms. The Hall–Kier alpha value is -4.39. The highest BCUT2D eigenvalue weighted by atomic mass is 16.3. The van der Waals surface area contributed by atoms with Crippen molar-refractivity contribution in [1.29, 1.82) is 0 Å². The molecule has 38 heavy (non-hydrogen) atoms. The van der Waals surface area contributed by atoms with Crippen LogP contribution >= 0.6 is 0 Å². The number of carbonyl (C=O) groups excluding carboxylic acids is 2. The molecule has 0 saturated heterocycles. The number of nitrogens with one attached hydrogen (secondary N) is 2. The molecule has 3 N–H and O–H groups in total. The average Bonchev–Trinajstić information content (AvgIpc) is 3.30. The molecule has 7 nitrogen and oxygen atoms in total. The minimum atomic E-state index is -0.294. The Balaban J connectivity index is 1.34. The molecule has 7 heteroatoms. The van der Waals surface area contributed by atoms with Crippen LogP contribution in [0.4, 0.5) is 10.5 Å². The molecule has 0 atom stereocenters. The number of aromatic hydroxyl groups is 1. The van der Waals surface area contributed by atoms with Crippen molar-refractivity contribution in [2.75, 3.05) is 5.32 Å². The van der Waals surface area contributed by atoms with E-state index in [9.17, 15) is 14.7 Å². The Morgan fingerprint density at radius 3 is 2.45 bits per heavy atom. The number of carbonyl (C=O) groups is 2. The fourth-order valence-corrected chi connectivity index (χ4v) is 4.68. The molecule has 1 heterocycles. The molecule has 4 aromatic rings. The summed E-state index contributed by atoms with van der Waals surface area (Å²) in [6.07, 6.45) is 4.04. The molecular weight excluding hydrogens is 476 g/mol. The number of nitrogens with zero attached hydrogens (tertiary/aromatic N) is 2. The fourth-order valence-electron chi connectivity index (χ4n) is 4.68. The van der Waals surface area contributed by atoms with Crippen molar-refractivity contribution >= 4 is 17.6 Å². The van der Waals surface area contributed by atoms with E-state index >= 15 is 0 Å². The summed E-state index contributed by atoms with van der Waals surface area (Å²) in [6.45, 7) is 4.49. The first-order chi connectivity index (χ1) is 18.4. The van der Waals surface area contributed by atoms with Gasteiger partial charge in [-0.3, -0.25) is 4.79 Å². The molecule has 0 bridgehead atoms. The Morgan fingerprint density at radius 1 is 1.00 bits per heavy atom. The van der Waals surface area contributed by atoms with Crippen LogP contribution in [0.1, 0.15) is 64.8 Å². The van der Waals surface area contributed by atoms with E-state index in [1.807, 2.05) is 49.4 Å². The van der Waals surface area contributed by atoms with Crippen LogP contribution in [-0.4, -0.2) is 26.8 Å². The van der Waals surface area contributed by atoms with Gasteiger partial charge in [0, 0.05) is 35.3 Å². The Kier molecular flexibility index (Phi) is 7.26. The van der Waals surface area contributed by atoms with Gasteiger partial charge in [0.2, 0.25) is 0 Å². The summed E-state index contributed by atoms with van der Waals surface area (Å²) in [7, 11) is 0. The van der Waals surface area contributed by atoms with Gasteiger partial charge in [-0.1, -0.05) is 55.3 Å². The monoisotopic (exact) mass is 508 g/mol. The van der Waals surface area contributed by atoms with Crippen molar-refractivity contribution in [2.24, 2.45) is 0 Å². The van der Waals surface area contributed by atoms with Gasteiger partial charge in [0.05, 0.1) is 11.4 Å². The van der Waals surface area contributed by atoms with Crippen LogP contribution in [0, 0.1) is 6.92 Å². The molecule has 0 radical (unpaired) electrons. The molecule has 1 aromatic heterocycles. The van der Waals surface area contributed by atoms with E-state index < -0.39 is 0 Å². The Bertz CT molecular complexity index is 1470. The van der Waals surface area contributed by atoms with Crippen molar-refractivity contribution < 1.29 is 14.7 Å². The summed E-state index contributed by atoms with van der Waals surface area (Å²) in [5.74, 6) is -0.00323. The number of hydrogen-bond acceptors (Lipinski definition) is 4. The fraction of sp³-hybridized carbons (Fsp3) is 0.258. The summed E-state index contributed by atoms with van der Waals surface area (Å²) in [4.78, 5) is 25.8. The number of phenolic OH excluding ortho intramolecular Hbond substituents is 1. The molecule has 0 unspecified atom stereocenters. The number of anilines is 1. The number of benzene rings is 3. The lowest BCUT2D eigenvalue weighted by Crippen LogP contribution is -2.31. The van der Waals surface area contributed by atoms with Crippen LogP contribution in [0.15, 0.2) is 72.8 Å². The standard InChI is InChI=1S/C31H32N4O3/c1-3-21-10-12-24(13-11-21)30(37)33-25-14-15-26(29(36)17-25)27-18-28(23-8-5-9-23)35(34-27)31(38)32-19-22-7-4-6-20(2)16-22/h4,6-7,10-18,23,36H,3,5,8-9,19H2,1-2H3,(H,32,38)(H,33,37). The van der Waals surface area contributed by atoms with Crippen molar-refractivity contribution in [1.82, 2.24) is 15.1 Å². The van der Waals surface area contributed by atoms with Crippen LogP contribution < -0.4 is 10.6 Å². The molecule has 5 rings (SSSR count). The largest absolute Gasteiger partial charge is 0.507 e. The summed E-state index contributed by atoms with van der Waals surface area (Å²) in [6, 6.07) is 22.0. The average molecular weight is 509 g/mol. The number of rotatable bonds is 7. The van der Waals surface area contributed by atoms with Gasteiger partial charge < -0.3 is 15.7 Å². The van der Waals surface area contributed by atoms with Crippen LogP contribution in [0.2, 0.25) is 0 Å². The number of aryl methyl sites for hydroxylation is 2. The zero-order valence-electron chi connectivity index (χ0n) is 21.7. The second-order valence-electron chi connectivity index (χ2n) is 9.88. The molecule has 0 aliphatic heterocycles. The van der Waals surface area contributed by atoms with Crippen molar-refractivity contribution in [3.05, 3.63) is 101 Å². The predicted molar refractivity (Wildman–Crippen MR) is 149 cm³/mol. The molecule has 194 valence electrons. The minimum absolute atomic E-state index is 0.0193. The van der Waals surface area contributed by atoms with Crippen molar-refractivity contribution in [3.63, 3.8) is 0 Å². The van der Waals surface area contributed by atoms with Gasteiger partial charge in [0.15, 0.2) is 0 Å². The maximum Gasteiger partial charge on any atom is 0.342 e. The van der Waals surface area contributed by atoms with Gasteiger partial charge in [0.1, 0.15) is 5.75 Å². The third-order valence-electron chi connectivity index (χ3n) is 7.13. The topological polar surface area (TPSA) is 96.3 Å². The van der Waals surface area contributed by atoms with Gasteiger partial charge >= 0.3 is 6.03 Å². The molecule has 1 aliphatic rings. The first-order valence-electron chi connectivity index (χ1n) is 13.1. The SMILES string of the molecule is CCc1ccc(C(=O)Nc2ccc(-c3cc(C4CCC4)n(C(=O)NCc4cccc(C)c4)n3)c(O)c2)cc1. The summed E-state index contributed by atoms with van der Waals surface area (Å²) in [5.41, 5.74) is 6.21. The van der Waals surface area contributed by atoms with E-state index in [1.54, 1.807) is 24.3 Å². The number of phenols is 1. The smallest absolute Gasteiger partial charge is 0.342 e. The van der Waals surface area contributed by atoms with Gasteiger partial charge in [-0.05, 0) is 67.6 Å². The molecule has 1 saturated carbocycles. The normalized spacial score (nSPS) is 13.1. The predicted octanol–water partition coefficient (Wildman–Crippen LogP) is 6.40. The first-order valence-corrected chi connectivity index (χ1v) is 13.1. The summed E-state index contributed by atoms with van der Waals surface area (Å²) >= 11 is 0. The lowest BCUT2D eigenvalue weighted by atomic mass is 9.82. The number of hydrogen-bond donors (Lipinski definition) is 3. The Morgan fingerprint density at radius 2 is 1.79 bits per heavy atom. The number of amides is 2. The second kappa shape index (κ2) is 10.9. The van der Waals surface area contributed by atoms with Crippen LogP contribution in [0.25, 0.3) is 11.3 Å². The van der Waals surface area contributed by atoms with E-state index in [0.717, 1.165) is 48.1 Å². The second-order valence-corrected chi connectivity index (χ2v) is 9.88. The lowest BCUT2D eigenvalue weighted by Gasteiger charge is -2.25. The van der Waals surface area contributed by atoms with Gasteiger partial charge in [-0.25, -0.2) is 4.79 Å². The van der Waals surface area contributed by atoms with Crippen molar-refractivity contribution in [3.8, 4) is 17.0 Å². The minimum Gasteiger partial charge on any atom is -0.507 e. The maximum atomic E-state index is 13.1. The van der Waals surface area contributed by atoms with Crippen LogP contribution in [-0.2, 0) is 13.0 Å². The van der Waals surface area contributed by atoms with Gasteiger partial charge in [-0.2, -0.15) is 9.78 Å². The van der Waals surface area contributed by atoms with E-state index in [2.05, 4.69) is 22.7 Å². The van der Waals surface area contributed by atoms with Gasteiger partial charge in [-0.15, -0.1) is 0 Å². The van der Waals surface area contributed by atoms with Crippen LogP contribution in [0.5, 0.6) is 5.75 Å². The number of aromatic nitrogens is 2. The Labute approximate surface area is 222 Å². The van der Waals surface area contributed by atoms with E-state index in [-0.39, 0.29) is 23.6 Å². The molecule has 1 fully saturated rings. The molecule has 1 aliphatic carbocycles. The quantitative estimate of drug-likeness (QED) is 0.269. The van der Waals surface area contributed by atoms with Crippen molar-refractivity contribution in [2.45, 2.75) is 52.0 Å².